The molecule has 0 heterocycles. The summed E-state index contributed by atoms with van der Waals surface area (Å²) >= 11 is 0. The van der Waals surface area contributed by atoms with E-state index in [2.05, 4.69) is 26.0 Å². The summed E-state index contributed by atoms with van der Waals surface area (Å²) in [5.41, 5.74) is 4.49. The molecule has 6 nitrogen and oxygen atoms in total. The molecule has 0 bridgehead atoms. The van der Waals surface area contributed by atoms with E-state index in [0.717, 1.165) is 47.9 Å². The molecule has 0 radical (unpaired) electrons. The van der Waals surface area contributed by atoms with Gasteiger partial charge in [0.05, 0.1) is 11.2 Å². The van der Waals surface area contributed by atoms with Crippen molar-refractivity contribution < 1.29 is 58.3 Å². The summed E-state index contributed by atoms with van der Waals surface area (Å²) in [6.45, 7) is 12.2. The van der Waals surface area contributed by atoms with Gasteiger partial charge in [0, 0.05) is 11.8 Å². The average Bonchev–Trinajstić information content (AvgIpc) is 3.06. The fourth-order valence-corrected chi connectivity index (χ4v) is 8.60. The van der Waals surface area contributed by atoms with Gasteiger partial charge < -0.3 is 24.2 Å². The molecule has 0 amide bonds. The van der Waals surface area contributed by atoms with Crippen LogP contribution in [0.1, 0.15) is 102 Å². The van der Waals surface area contributed by atoms with Gasteiger partial charge in [-0.3, -0.25) is 0 Å². The van der Waals surface area contributed by atoms with Gasteiger partial charge >= 0.3 is 37.4 Å². The minimum atomic E-state index is -4.78. The van der Waals surface area contributed by atoms with E-state index >= 15 is 0 Å². The zero-order chi connectivity index (χ0) is 34.2. The summed E-state index contributed by atoms with van der Waals surface area (Å²) in [6.07, 6.45) is 19.1. The smallest absolute Gasteiger partial charge is 0.736 e. The quantitative estimate of drug-likeness (QED) is 0.168. The van der Waals surface area contributed by atoms with Crippen molar-refractivity contribution in [2.24, 2.45) is 11.8 Å². The predicted molar refractivity (Wildman–Crippen MR) is 190 cm³/mol. The van der Waals surface area contributed by atoms with Crippen LogP contribution in [0.4, 0.5) is 0 Å². The first-order valence-electron chi connectivity index (χ1n) is 17.6. The first-order chi connectivity index (χ1) is 22.5. The Balaban J connectivity index is 0.00000625. The van der Waals surface area contributed by atoms with Crippen LogP contribution in [0.3, 0.4) is 0 Å². The zero-order valence-corrected chi connectivity index (χ0v) is 33.0. The van der Waals surface area contributed by atoms with E-state index in [1.54, 1.807) is 12.1 Å². The Morgan fingerprint density at radius 2 is 1.08 bits per heavy atom. The second-order valence-electron chi connectivity index (χ2n) is 12.9. The normalized spacial score (nSPS) is 24.7. The summed E-state index contributed by atoms with van der Waals surface area (Å²) in [5.74, 6) is 0.700. The maximum absolute atomic E-state index is 13.4. The van der Waals surface area contributed by atoms with Crippen molar-refractivity contribution in [1.82, 2.24) is 0 Å². The molecule has 2 aromatic rings. The van der Waals surface area contributed by atoms with Crippen molar-refractivity contribution in [2.75, 3.05) is 0 Å². The first-order valence-corrected chi connectivity index (χ1v) is 19.1. The van der Waals surface area contributed by atoms with Crippen LogP contribution < -0.4 is 43.5 Å². The molecule has 2 aromatic carbocycles. The number of hydrogen-bond donors (Lipinski definition) is 2. The second-order valence-corrected chi connectivity index (χ2v) is 14.2. The number of benzene rings is 2. The molecule has 2 aliphatic carbocycles. The number of phosphoric acid groups is 1. The Hall–Kier alpha value is -1.89. The molecule has 256 valence electrons. The van der Waals surface area contributed by atoms with Crippen LogP contribution in [0, 0.1) is 11.8 Å². The van der Waals surface area contributed by atoms with Crippen LogP contribution in [0.2, 0.25) is 0 Å². The molecule has 0 saturated carbocycles. The molecule has 4 rings (SSSR count). The summed E-state index contributed by atoms with van der Waals surface area (Å²) in [4.78, 5) is 13.4. The fourth-order valence-electron chi connectivity index (χ4n) is 7.74. The molecule has 4 unspecified atom stereocenters. The SMILES string of the molecule is CCc1c(CCC2=CC=CC(O)(CC)C2CC)cccc1OP(=O)([O-])Oc1cccc(CCC2=CC=CC(O)(CC)C2CC)c1CC.[Na+]. The number of hydrogen-bond acceptors (Lipinski definition) is 6. The standard InChI is InChI=1S/C40H55O6P.Na/c1-7-33-29(23-25-31-19-15-27-39(41,11-5)35(31)9-3)17-13-21-37(33)45-47(43,44)46-38-22-14-18-30(34(38)8-2)24-26-32-20-16-28-40(42,12-6)36(32)10-4;/h13-22,27-28,35-36,41-42H,7-12,23-26H2,1-6H3,(H,43,44);/q;+1/p-1. The molecule has 0 fully saturated rings. The van der Waals surface area contributed by atoms with Crippen molar-refractivity contribution in [3.05, 3.63) is 106 Å². The third kappa shape index (κ3) is 9.26. The number of rotatable bonds is 16. The van der Waals surface area contributed by atoms with E-state index in [4.69, 9.17) is 9.05 Å². The van der Waals surface area contributed by atoms with Gasteiger partial charge in [0.2, 0.25) is 0 Å². The number of aryl methyl sites for hydroxylation is 2. The van der Waals surface area contributed by atoms with Crippen molar-refractivity contribution in [3.63, 3.8) is 0 Å². The van der Waals surface area contributed by atoms with Crippen molar-refractivity contribution in [1.29, 1.82) is 0 Å². The summed E-state index contributed by atoms with van der Waals surface area (Å²) in [7, 11) is -4.78. The summed E-state index contributed by atoms with van der Waals surface area (Å²) < 4.78 is 24.8. The van der Waals surface area contributed by atoms with Gasteiger partial charge in [-0.05, 0) is 98.6 Å². The van der Waals surface area contributed by atoms with E-state index in [0.29, 0.717) is 50.0 Å². The van der Waals surface area contributed by atoms with Crippen LogP contribution in [-0.4, -0.2) is 21.4 Å². The van der Waals surface area contributed by atoms with E-state index in [9.17, 15) is 19.7 Å². The Labute approximate surface area is 311 Å². The molecular weight excluding hydrogens is 630 g/mol. The predicted octanol–water partition coefficient (Wildman–Crippen LogP) is 5.93. The van der Waals surface area contributed by atoms with Gasteiger partial charge in [-0.1, -0.05) is 113 Å². The fraction of sp³-hybridized carbons (Fsp3) is 0.500. The van der Waals surface area contributed by atoms with Gasteiger partial charge in [-0.25, -0.2) is 4.57 Å². The van der Waals surface area contributed by atoms with Crippen molar-refractivity contribution in [3.8, 4) is 11.5 Å². The van der Waals surface area contributed by atoms with Crippen LogP contribution in [-0.2, 0) is 30.2 Å². The maximum atomic E-state index is 13.4. The minimum absolute atomic E-state index is 0. The molecule has 0 aromatic heterocycles. The number of aliphatic hydroxyl groups is 2. The van der Waals surface area contributed by atoms with Crippen LogP contribution in [0.15, 0.2) is 84.0 Å². The molecule has 2 N–H and O–H groups in total. The topological polar surface area (TPSA) is 99.1 Å². The molecule has 4 atom stereocenters. The molecule has 48 heavy (non-hydrogen) atoms. The molecular formula is C40H54NaO6P. The molecule has 2 aliphatic rings. The molecule has 0 saturated heterocycles. The third-order valence-corrected chi connectivity index (χ3v) is 11.2. The molecule has 0 aliphatic heterocycles. The van der Waals surface area contributed by atoms with E-state index in [1.807, 2.05) is 76.3 Å². The van der Waals surface area contributed by atoms with Crippen molar-refractivity contribution in [2.45, 2.75) is 117 Å². The maximum Gasteiger partial charge on any atom is 1.00 e. The zero-order valence-electron chi connectivity index (χ0n) is 30.1. The first kappa shape index (κ1) is 40.5. The Kier molecular flexibility index (Phi) is 15.1. The van der Waals surface area contributed by atoms with E-state index in [1.165, 1.54) is 11.1 Å². The average molecular weight is 685 g/mol. The van der Waals surface area contributed by atoms with E-state index < -0.39 is 19.0 Å². The van der Waals surface area contributed by atoms with E-state index in [-0.39, 0.29) is 41.4 Å². The molecule has 8 heteroatoms. The summed E-state index contributed by atoms with van der Waals surface area (Å²) in [6, 6.07) is 11.1. The van der Waals surface area contributed by atoms with Crippen LogP contribution in [0.5, 0.6) is 11.5 Å². The second kappa shape index (κ2) is 17.9. The van der Waals surface area contributed by atoms with Gasteiger partial charge in [0.15, 0.2) is 0 Å². The third-order valence-electron chi connectivity index (χ3n) is 10.4. The monoisotopic (exact) mass is 684 g/mol. The minimum Gasteiger partial charge on any atom is -0.736 e. The largest absolute Gasteiger partial charge is 1.00 e. The van der Waals surface area contributed by atoms with Gasteiger partial charge in [0.1, 0.15) is 11.5 Å². The molecule has 0 spiro atoms. The van der Waals surface area contributed by atoms with Gasteiger partial charge in [-0.15, -0.1) is 0 Å². The van der Waals surface area contributed by atoms with Crippen LogP contribution in [0.25, 0.3) is 0 Å². The van der Waals surface area contributed by atoms with Crippen molar-refractivity contribution >= 4 is 7.82 Å². The summed E-state index contributed by atoms with van der Waals surface area (Å²) in [5, 5.41) is 22.3. The van der Waals surface area contributed by atoms with Gasteiger partial charge in [-0.2, -0.15) is 0 Å². The number of phosphoric ester groups is 1. The Bertz CT molecular complexity index is 1450. The Morgan fingerprint density at radius 1 is 0.688 bits per heavy atom. The Morgan fingerprint density at radius 3 is 1.42 bits per heavy atom. The van der Waals surface area contributed by atoms with Crippen LogP contribution >= 0.6 is 7.82 Å². The number of allylic oxidation sites excluding steroid dienone is 4. The van der Waals surface area contributed by atoms with Gasteiger partial charge in [0.25, 0.3) is 0 Å².